The molecule has 0 fully saturated rings. The van der Waals surface area contributed by atoms with Gasteiger partial charge in [0, 0.05) is 0 Å². The summed E-state index contributed by atoms with van der Waals surface area (Å²) in [4.78, 5) is 11.1. The first-order chi connectivity index (χ1) is 6.56. The molecular weight excluding hydrogens is 173 g/mol. The fourth-order valence-corrected chi connectivity index (χ4v) is 0.950. The van der Waals surface area contributed by atoms with Crippen LogP contribution in [0.15, 0.2) is 12.7 Å². The second-order valence-corrected chi connectivity index (χ2v) is 3.21. The van der Waals surface area contributed by atoms with Crippen LogP contribution in [0, 0.1) is 0 Å². The summed E-state index contributed by atoms with van der Waals surface area (Å²) in [7, 11) is 5.29. The van der Waals surface area contributed by atoms with E-state index in [0.29, 0.717) is 0 Å². The van der Waals surface area contributed by atoms with Gasteiger partial charge in [0.2, 0.25) is 0 Å². The van der Waals surface area contributed by atoms with Crippen molar-refractivity contribution in [3.05, 3.63) is 12.7 Å². The van der Waals surface area contributed by atoms with Gasteiger partial charge in [0.05, 0.1) is 5.54 Å². The number of hydrogen-bond acceptors (Lipinski definition) is 2. The van der Waals surface area contributed by atoms with E-state index >= 15 is 0 Å². The van der Waals surface area contributed by atoms with E-state index < -0.39 is 5.54 Å². The molecule has 3 heteroatoms. The number of ketones is 1. The predicted octanol–water partition coefficient (Wildman–Crippen LogP) is 2.39. The number of carbonyl (C=O) groups is 1. The molecule has 1 N–H and O–H groups in total. The highest BCUT2D eigenvalue weighted by Crippen LogP contribution is 2.14. The molecule has 1 atom stereocenters. The molecule has 0 amide bonds. The summed E-state index contributed by atoms with van der Waals surface area (Å²) in [6.45, 7) is 11.0. The topological polar surface area (TPSA) is 29.1 Å². The SMILES string of the molecule is CC.[B]NC(C)(CCCC=C)C(C)=O. The van der Waals surface area contributed by atoms with Crippen LogP contribution in [0.5, 0.6) is 0 Å². The summed E-state index contributed by atoms with van der Waals surface area (Å²) < 4.78 is 0. The third-order valence-corrected chi connectivity index (χ3v) is 2.18. The maximum absolute atomic E-state index is 11.1. The zero-order chi connectivity index (χ0) is 11.6. The molecule has 0 aliphatic heterocycles. The van der Waals surface area contributed by atoms with Crippen molar-refractivity contribution in [3.63, 3.8) is 0 Å². The van der Waals surface area contributed by atoms with Gasteiger partial charge in [-0.25, -0.2) is 0 Å². The van der Waals surface area contributed by atoms with Crippen LogP contribution in [0.2, 0.25) is 0 Å². The van der Waals surface area contributed by atoms with Gasteiger partial charge >= 0.3 is 0 Å². The van der Waals surface area contributed by atoms with E-state index in [-0.39, 0.29) is 5.78 Å². The summed E-state index contributed by atoms with van der Waals surface area (Å²) >= 11 is 0. The Labute approximate surface area is 89.6 Å². The van der Waals surface area contributed by atoms with Crippen molar-refractivity contribution in [2.45, 2.75) is 52.5 Å². The van der Waals surface area contributed by atoms with Gasteiger partial charge in [0.25, 0.3) is 0 Å². The molecule has 80 valence electrons. The monoisotopic (exact) mass is 195 g/mol. The van der Waals surface area contributed by atoms with E-state index in [1.807, 2.05) is 26.8 Å². The first kappa shape index (κ1) is 15.9. The van der Waals surface area contributed by atoms with Crippen molar-refractivity contribution in [2.75, 3.05) is 0 Å². The first-order valence-corrected chi connectivity index (χ1v) is 5.16. The minimum atomic E-state index is -0.566. The molecular formula is C11H22BNO. The highest BCUT2D eigenvalue weighted by atomic mass is 16.1. The summed E-state index contributed by atoms with van der Waals surface area (Å²) in [6.07, 6.45) is 4.45. The van der Waals surface area contributed by atoms with Gasteiger partial charge in [-0.05, 0) is 33.1 Å². The van der Waals surface area contributed by atoms with Gasteiger partial charge in [0.1, 0.15) is 5.78 Å². The predicted molar refractivity (Wildman–Crippen MR) is 63.4 cm³/mol. The van der Waals surface area contributed by atoms with Crippen LogP contribution in [0.1, 0.15) is 47.0 Å². The lowest BCUT2D eigenvalue weighted by Gasteiger charge is -2.26. The van der Waals surface area contributed by atoms with E-state index in [1.165, 1.54) is 0 Å². The molecule has 0 saturated heterocycles. The molecule has 14 heavy (non-hydrogen) atoms. The van der Waals surface area contributed by atoms with Gasteiger partial charge in [-0.2, -0.15) is 0 Å². The largest absolute Gasteiger partial charge is 0.355 e. The molecule has 2 nitrogen and oxygen atoms in total. The average molecular weight is 195 g/mol. The molecule has 0 aromatic heterocycles. The number of nitrogens with one attached hydrogen (secondary N) is 1. The standard InChI is InChI=1S/C9H16BNO.C2H6/c1-4-5-6-7-9(3,11-10)8(2)12;1-2/h4,11H,1,5-7H2,2-3H3;1-2H3. The van der Waals surface area contributed by atoms with Crippen LogP contribution < -0.4 is 5.23 Å². The zero-order valence-electron chi connectivity index (χ0n) is 9.89. The van der Waals surface area contributed by atoms with E-state index in [9.17, 15) is 4.79 Å². The minimum absolute atomic E-state index is 0.0778. The van der Waals surface area contributed by atoms with Crippen molar-refractivity contribution >= 4 is 13.8 Å². The summed E-state index contributed by atoms with van der Waals surface area (Å²) in [5.74, 6) is 0.0778. The maximum Gasteiger partial charge on any atom is 0.179 e. The molecule has 0 rings (SSSR count). The van der Waals surface area contributed by atoms with Crippen molar-refractivity contribution in [1.29, 1.82) is 0 Å². The lowest BCUT2D eigenvalue weighted by Crippen LogP contribution is -2.47. The van der Waals surface area contributed by atoms with Gasteiger partial charge in [-0.1, -0.05) is 19.9 Å². The Kier molecular flexibility index (Phi) is 10.2. The molecule has 0 aliphatic rings. The van der Waals surface area contributed by atoms with Crippen LogP contribution in [0.25, 0.3) is 0 Å². The molecule has 1 unspecified atom stereocenters. The van der Waals surface area contributed by atoms with Gasteiger partial charge in [-0.3, -0.25) is 4.79 Å². The van der Waals surface area contributed by atoms with E-state index in [1.54, 1.807) is 6.92 Å². The number of rotatable bonds is 6. The van der Waals surface area contributed by atoms with E-state index in [0.717, 1.165) is 19.3 Å². The number of Topliss-reactive ketones (excluding diaryl/α,β-unsaturated/α-hetero) is 1. The highest BCUT2D eigenvalue weighted by Gasteiger charge is 2.25. The van der Waals surface area contributed by atoms with Crippen LogP contribution in [-0.4, -0.2) is 19.3 Å². The van der Waals surface area contributed by atoms with E-state index in [4.69, 9.17) is 7.98 Å². The third kappa shape index (κ3) is 5.98. The summed E-state index contributed by atoms with van der Waals surface area (Å²) in [5.41, 5.74) is -0.566. The normalized spacial score (nSPS) is 13.4. The van der Waals surface area contributed by atoms with Crippen LogP contribution in [-0.2, 0) is 4.79 Å². The molecule has 0 aromatic rings. The number of hydrogen-bond donors (Lipinski definition) is 1. The molecule has 0 spiro atoms. The van der Waals surface area contributed by atoms with Gasteiger partial charge < -0.3 is 5.23 Å². The average Bonchev–Trinajstić information content (AvgIpc) is 2.20. The molecule has 2 radical (unpaired) electrons. The highest BCUT2D eigenvalue weighted by molar-refractivity contribution is 6.07. The number of unbranched alkanes of at least 4 members (excludes halogenated alkanes) is 1. The quantitative estimate of drug-likeness (QED) is 0.400. The molecule has 0 bridgehead atoms. The molecule has 0 heterocycles. The minimum Gasteiger partial charge on any atom is -0.355 e. The van der Waals surface area contributed by atoms with Crippen molar-refractivity contribution in [2.24, 2.45) is 0 Å². The molecule has 0 aromatic carbocycles. The summed E-state index contributed by atoms with van der Waals surface area (Å²) in [6, 6.07) is 0. The van der Waals surface area contributed by atoms with Crippen molar-refractivity contribution < 1.29 is 4.79 Å². The van der Waals surface area contributed by atoms with Crippen LogP contribution in [0.4, 0.5) is 0 Å². The first-order valence-electron chi connectivity index (χ1n) is 5.16. The molecule has 0 saturated carbocycles. The lowest BCUT2D eigenvalue weighted by molar-refractivity contribution is -0.122. The van der Waals surface area contributed by atoms with Crippen molar-refractivity contribution in [1.82, 2.24) is 5.23 Å². The second kappa shape index (κ2) is 9.01. The van der Waals surface area contributed by atoms with Crippen molar-refractivity contribution in [3.8, 4) is 0 Å². The Hall–Kier alpha value is -0.565. The Morgan fingerprint density at radius 1 is 1.57 bits per heavy atom. The zero-order valence-corrected chi connectivity index (χ0v) is 9.89. The lowest BCUT2D eigenvalue weighted by atomic mass is 9.89. The Morgan fingerprint density at radius 2 is 2.07 bits per heavy atom. The Balaban J connectivity index is 0. The fourth-order valence-electron chi connectivity index (χ4n) is 0.950. The smallest absolute Gasteiger partial charge is 0.179 e. The number of allylic oxidation sites excluding steroid dienone is 1. The fraction of sp³-hybridized carbons (Fsp3) is 0.727. The van der Waals surface area contributed by atoms with E-state index in [2.05, 4.69) is 11.8 Å². The van der Waals surface area contributed by atoms with Gasteiger partial charge in [0.15, 0.2) is 7.98 Å². The third-order valence-electron chi connectivity index (χ3n) is 2.18. The second-order valence-electron chi connectivity index (χ2n) is 3.21. The Morgan fingerprint density at radius 3 is 2.36 bits per heavy atom. The number of carbonyl (C=O) groups excluding carboxylic acids is 1. The maximum atomic E-state index is 11.1. The van der Waals surface area contributed by atoms with Crippen LogP contribution in [0.3, 0.4) is 0 Å². The van der Waals surface area contributed by atoms with Gasteiger partial charge in [-0.15, -0.1) is 6.58 Å². The molecule has 0 aliphatic carbocycles. The van der Waals surface area contributed by atoms with Crippen LogP contribution >= 0.6 is 0 Å². The Bertz CT molecular complexity index is 171. The summed E-state index contributed by atoms with van der Waals surface area (Å²) in [5, 5.41) is 2.55.